The first-order valence-corrected chi connectivity index (χ1v) is 4.69. The van der Waals surface area contributed by atoms with Gasteiger partial charge in [0.2, 0.25) is 0 Å². The van der Waals surface area contributed by atoms with Gasteiger partial charge in [0.05, 0.1) is 5.52 Å². The number of hydrogen-bond acceptors (Lipinski definition) is 0. The number of nitrogens with zero attached hydrogens (tertiary/aromatic N) is 1. The Hall–Kier alpha value is -0.760. The Balaban J connectivity index is 2.93. The molecular weight excluding hydrogens is 214 g/mol. The number of halogens is 1. The number of aryl methyl sites for hydroxylation is 2. The van der Waals surface area contributed by atoms with Crippen molar-refractivity contribution in [3.63, 3.8) is 0 Å². The maximum atomic E-state index is 3.48. The molecule has 2 heteroatoms. The maximum absolute atomic E-state index is 3.48. The van der Waals surface area contributed by atoms with Gasteiger partial charge in [-0.25, -0.2) is 0 Å². The maximum Gasteiger partial charge on any atom is 0.0508 e. The average Bonchev–Trinajstić information content (AvgIpc) is 2.31. The smallest absolute Gasteiger partial charge is 0.0508 e. The van der Waals surface area contributed by atoms with Crippen LogP contribution < -0.4 is 0 Å². The van der Waals surface area contributed by atoms with Crippen molar-refractivity contribution in [1.29, 1.82) is 0 Å². The molecule has 1 nitrogen and oxygen atoms in total. The third kappa shape index (κ3) is 1.07. The summed E-state index contributed by atoms with van der Waals surface area (Å²) in [6.07, 6.45) is 2.09. The Morgan fingerprint density at radius 3 is 2.83 bits per heavy atom. The van der Waals surface area contributed by atoms with E-state index in [0.717, 1.165) is 4.47 Å². The zero-order chi connectivity index (χ0) is 8.72. The molecule has 1 aromatic heterocycles. The van der Waals surface area contributed by atoms with Crippen LogP contribution in [0.3, 0.4) is 0 Å². The first-order chi connectivity index (χ1) is 5.68. The third-order valence-corrected chi connectivity index (χ3v) is 2.58. The molecule has 0 aliphatic carbocycles. The molecule has 0 aliphatic heterocycles. The minimum Gasteiger partial charge on any atom is -0.350 e. The highest BCUT2D eigenvalue weighted by molar-refractivity contribution is 9.10. The lowest BCUT2D eigenvalue weighted by Gasteiger charge is -2.01. The van der Waals surface area contributed by atoms with Crippen molar-refractivity contribution in [1.82, 2.24) is 4.57 Å². The highest BCUT2D eigenvalue weighted by Gasteiger charge is 2.01. The quantitative estimate of drug-likeness (QED) is 0.647. The van der Waals surface area contributed by atoms with Crippen LogP contribution in [-0.2, 0) is 7.05 Å². The molecular formula is C10H10BrN. The van der Waals surface area contributed by atoms with Crippen LogP contribution in [-0.4, -0.2) is 4.57 Å². The van der Waals surface area contributed by atoms with Crippen LogP contribution >= 0.6 is 15.9 Å². The molecule has 12 heavy (non-hydrogen) atoms. The van der Waals surface area contributed by atoms with E-state index in [1.54, 1.807) is 0 Å². The summed E-state index contributed by atoms with van der Waals surface area (Å²) in [5.41, 5.74) is 2.63. The molecule has 0 saturated heterocycles. The lowest BCUT2D eigenvalue weighted by atomic mass is 10.2. The number of rotatable bonds is 0. The molecule has 2 aromatic rings. The summed E-state index contributed by atoms with van der Waals surface area (Å²) in [6.45, 7) is 2.13. The van der Waals surface area contributed by atoms with E-state index in [1.165, 1.54) is 16.5 Å². The van der Waals surface area contributed by atoms with Crippen LogP contribution in [0.4, 0.5) is 0 Å². The highest BCUT2D eigenvalue weighted by Crippen LogP contribution is 2.23. The molecule has 0 fully saturated rings. The molecule has 1 heterocycles. The van der Waals surface area contributed by atoms with Gasteiger partial charge in [-0.2, -0.15) is 0 Å². The van der Waals surface area contributed by atoms with Crippen LogP contribution in [0.2, 0.25) is 0 Å². The molecule has 0 amide bonds. The molecule has 0 saturated carbocycles. The van der Waals surface area contributed by atoms with Crippen molar-refractivity contribution in [2.45, 2.75) is 6.92 Å². The summed E-state index contributed by atoms with van der Waals surface area (Å²) >= 11 is 3.48. The van der Waals surface area contributed by atoms with Gasteiger partial charge in [-0.15, -0.1) is 0 Å². The topological polar surface area (TPSA) is 4.93 Å². The largest absolute Gasteiger partial charge is 0.350 e. The average molecular weight is 224 g/mol. The fourth-order valence-corrected chi connectivity index (χ4v) is 2.23. The second-order valence-corrected chi connectivity index (χ2v) is 4.00. The number of aromatic nitrogens is 1. The molecule has 0 N–H and O–H groups in total. The van der Waals surface area contributed by atoms with Gasteiger partial charge < -0.3 is 4.57 Å². The molecule has 0 spiro atoms. The highest BCUT2D eigenvalue weighted by atomic mass is 79.9. The number of fused-ring (bicyclic) bond motifs is 1. The van der Waals surface area contributed by atoms with Gasteiger partial charge in [0, 0.05) is 23.1 Å². The van der Waals surface area contributed by atoms with Gasteiger partial charge in [0.1, 0.15) is 0 Å². The monoisotopic (exact) mass is 223 g/mol. The fourth-order valence-electron chi connectivity index (χ4n) is 1.64. The fraction of sp³-hybridized carbons (Fsp3) is 0.200. The first kappa shape index (κ1) is 7.87. The normalized spacial score (nSPS) is 10.9. The van der Waals surface area contributed by atoms with Crippen molar-refractivity contribution < 1.29 is 0 Å². The van der Waals surface area contributed by atoms with E-state index in [1.807, 2.05) is 0 Å². The summed E-state index contributed by atoms with van der Waals surface area (Å²) in [4.78, 5) is 0. The van der Waals surface area contributed by atoms with E-state index in [0.29, 0.717) is 0 Å². The number of hydrogen-bond donors (Lipinski definition) is 0. The summed E-state index contributed by atoms with van der Waals surface area (Å²) < 4.78 is 3.30. The molecule has 1 aromatic carbocycles. The van der Waals surface area contributed by atoms with E-state index in [9.17, 15) is 0 Å². The SMILES string of the molecule is Cc1cc(Br)cc2ccn(C)c12. The first-order valence-electron chi connectivity index (χ1n) is 3.89. The standard InChI is InChI=1S/C10H10BrN/c1-7-5-9(11)6-8-3-4-12(2)10(7)8/h3-6H,1-2H3. The van der Waals surface area contributed by atoms with E-state index < -0.39 is 0 Å². The van der Waals surface area contributed by atoms with Crippen molar-refractivity contribution in [2.24, 2.45) is 7.05 Å². The zero-order valence-electron chi connectivity index (χ0n) is 7.13. The van der Waals surface area contributed by atoms with Crippen LogP contribution in [0.15, 0.2) is 28.9 Å². The molecule has 0 radical (unpaired) electrons. The van der Waals surface area contributed by atoms with E-state index >= 15 is 0 Å². The summed E-state index contributed by atoms with van der Waals surface area (Å²) in [5, 5.41) is 1.30. The van der Waals surface area contributed by atoms with E-state index in [-0.39, 0.29) is 0 Å². The molecule has 0 bridgehead atoms. The Kier molecular flexibility index (Phi) is 1.72. The van der Waals surface area contributed by atoms with Crippen LogP contribution in [0.25, 0.3) is 10.9 Å². The molecule has 0 aliphatic rings. The van der Waals surface area contributed by atoms with Crippen molar-refractivity contribution in [3.05, 3.63) is 34.4 Å². The van der Waals surface area contributed by atoms with Gasteiger partial charge in [-0.3, -0.25) is 0 Å². The predicted molar refractivity (Wildman–Crippen MR) is 55.4 cm³/mol. The Morgan fingerprint density at radius 1 is 1.33 bits per heavy atom. The minimum atomic E-state index is 1.15. The van der Waals surface area contributed by atoms with Gasteiger partial charge in [-0.1, -0.05) is 15.9 Å². The van der Waals surface area contributed by atoms with Crippen LogP contribution in [0.5, 0.6) is 0 Å². The van der Waals surface area contributed by atoms with Gasteiger partial charge in [0.15, 0.2) is 0 Å². The lowest BCUT2D eigenvalue weighted by molar-refractivity contribution is 0.964. The number of benzene rings is 1. The van der Waals surface area contributed by atoms with E-state index in [4.69, 9.17) is 0 Å². The van der Waals surface area contributed by atoms with Gasteiger partial charge in [0.25, 0.3) is 0 Å². The summed E-state index contributed by atoms with van der Waals surface area (Å²) in [6, 6.07) is 6.41. The minimum absolute atomic E-state index is 1.15. The molecule has 0 unspecified atom stereocenters. The summed E-state index contributed by atoms with van der Waals surface area (Å²) in [5.74, 6) is 0. The van der Waals surface area contributed by atoms with E-state index in [2.05, 4.69) is 58.9 Å². The van der Waals surface area contributed by atoms with Crippen molar-refractivity contribution in [3.8, 4) is 0 Å². The Morgan fingerprint density at radius 2 is 2.08 bits per heavy atom. The second kappa shape index (κ2) is 2.63. The van der Waals surface area contributed by atoms with Gasteiger partial charge >= 0.3 is 0 Å². The van der Waals surface area contributed by atoms with Crippen LogP contribution in [0.1, 0.15) is 5.56 Å². The predicted octanol–water partition coefficient (Wildman–Crippen LogP) is 3.25. The lowest BCUT2D eigenvalue weighted by Crippen LogP contribution is -1.86. The third-order valence-electron chi connectivity index (χ3n) is 2.13. The summed E-state index contributed by atoms with van der Waals surface area (Å²) in [7, 11) is 2.07. The van der Waals surface area contributed by atoms with Crippen molar-refractivity contribution in [2.75, 3.05) is 0 Å². The van der Waals surface area contributed by atoms with Crippen molar-refractivity contribution >= 4 is 26.8 Å². The van der Waals surface area contributed by atoms with Crippen LogP contribution in [0, 0.1) is 6.92 Å². The molecule has 2 rings (SSSR count). The zero-order valence-corrected chi connectivity index (χ0v) is 8.72. The Labute approximate surface area is 80.1 Å². The second-order valence-electron chi connectivity index (χ2n) is 3.09. The molecule has 62 valence electrons. The molecule has 0 atom stereocenters. The van der Waals surface area contributed by atoms with Gasteiger partial charge in [-0.05, 0) is 30.7 Å². The Bertz CT molecular complexity index is 429.